The summed E-state index contributed by atoms with van der Waals surface area (Å²) in [4.78, 5) is 58.4. The molecule has 1 saturated heterocycles. The number of carbonyl (C=O) groups excluding carboxylic acids is 4. The van der Waals surface area contributed by atoms with Crippen LogP contribution in [0.5, 0.6) is 0 Å². The zero-order valence-electron chi connectivity index (χ0n) is 23.0. The summed E-state index contributed by atoms with van der Waals surface area (Å²) < 4.78 is 0. The van der Waals surface area contributed by atoms with Gasteiger partial charge in [-0.3, -0.25) is 19.2 Å². The number of likely N-dealkylation sites (tertiary alicyclic amines) is 1. The first-order chi connectivity index (χ1) is 18.3. The van der Waals surface area contributed by atoms with Gasteiger partial charge in [0.15, 0.2) is 0 Å². The van der Waals surface area contributed by atoms with Gasteiger partial charge in [0, 0.05) is 26.4 Å². The quantitative estimate of drug-likeness (QED) is 0.392. The molecule has 0 unspecified atom stereocenters. The predicted molar refractivity (Wildman–Crippen MR) is 147 cm³/mol. The summed E-state index contributed by atoms with van der Waals surface area (Å²) >= 11 is 1.57. The molecule has 1 aliphatic carbocycles. The minimum Gasteiger partial charge on any atom is -0.391 e. The number of amides is 4. The highest BCUT2D eigenvalue weighted by Crippen LogP contribution is 2.36. The molecule has 1 aromatic heterocycles. The van der Waals surface area contributed by atoms with Gasteiger partial charge in [-0.05, 0) is 36.3 Å². The van der Waals surface area contributed by atoms with E-state index in [-0.39, 0.29) is 31.3 Å². The zero-order valence-corrected chi connectivity index (χ0v) is 23.9. The van der Waals surface area contributed by atoms with E-state index in [4.69, 9.17) is 0 Å². The fourth-order valence-corrected chi connectivity index (χ4v) is 5.73. The van der Waals surface area contributed by atoms with Gasteiger partial charge in [0.05, 0.1) is 22.2 Å². The molecule has 2 aromatic rings. The smallest absolute Gasteiger partial charge is 0.246 e. The van der Waals surface area contributed by atoms with Gasteiger partial charge in [0.2, 0.25) is 23.6 Å². The summed E-state index contributed by atoms with van der Waals surface area (Å²) in [5, 5.41) is 18.8. The van der Waals surface area contributed by atoms with Crippen LogP contribution >= 0.6 is 11.3 Å². The average molecular weight is 556 g/mol. The summed E-state index contributed by atoms with van der Waals surface area (Å²) in [6, 6.07) is 6.05. The summed E-state index contributed by atoms with van der Waals surface area (Å²) in [6.07, 6.45) is 0.266. The molecule has 2 heterocycles. The third kappa shape index (κ3) is 6.47. The molecule has 10 nitrogen and oxygen atoms in total. The largest absolute Gasteiger partial charge is 0.391 e. The fraction of sp³-hybridized carbons (Fsp3) is 0.536. The number of benzene rings is 1. The van der Waals surface area contributed by atoms with Crippen LogP contribution in [0.4, 0.5) is 0 Å². The van der Waals surface area contributed by atoms with Gasteiger partial charge in [-0.1, -0.05) is 45.0 Å². The van der Waals surface area contributed by atoms with Gasteiger partial charge in [-0.2, -0.15) is 0 Å². The highest BCUT2D eigenvalue weighted by Gasteiger charge is 2.53. The lowest BCUT2D eigenvalue weighted by molar-refractivity contribution is -0.144. The van der Waals surface area contributed by atoms with Crippen molar-refractivity contribution < 1.29 is 24.3 Å². The average Bonchev–Trinajstić information content (AvgIpc) is 3.33. The molecule has 1 saturated carbocycles. The van der Waals surface area contributed by atoms with Crippen molar-refractivity contribution in [2.75, 3.05) is 6.54 Å². The van der Waals surface area contributed by atoms with Crippen molar-refractivity contribution >= 4 is 35.0 Å². The Morgan fingerprint density at radius 3 is 2.38 bits per heavy atom. The number of rotatable bonds is 8. The van der Waals surface area contributed by atoms with Crippen molar-refractivity contribution in [1.82, 2.24) is 25.8 Å². The molecule has 0 spiro atoms. The van der Waals surface area contributed by atoms with Crippen LogP contribution in [0.2, 0.25) is 0 Å². The van der Waals surface area contributed by atoms with Gasteiger partial charge < -0.3 is 26.0 Å². The van der Waals surface area contributed by atoms with Crippen LogP contribution in [0, 0.1) is 12.3 Å². The van der Waals surface area contributed by atoms with Gasteiger partial charge in [-0.25, -0.2) is 4.98 Å². The Morgan fingerprint density at radius 1 is 1.18 bits per heavy atom. The third-order valence-corrected chi connectivity index (χ3v) is 8.26. The summed E-state index contributed by atoms with van der Waals surface area (Å²) in [5.41, 5.74) is 3.07. The number of aromatic nitrogens is 1. The molecule has 4 N–H and O–H groups in total. The van der Waals surface area contributed by atoms with E-state index in [0.717, 1.165) is 21.7 Å². The van der Waals surface area contributed by atoms with E-state index in [0.29, 0.717) is 12.8 Å². The molecule has 11 heteroatoms. The van der Waals surface area contributed by atoms with E-state index < -0.39 is 41.0 Å². The molecular weight excluding hydrogens is 518 g/mol. The Hall–Kier alpha value is -3.31. The molecule has 1 aromatic carbocycles. The number of thiazole rings is 1. The molecular formula is C28H37N5O5S. The topological polar surface area (TPSA) is 141 Å². The lowest BCUT2D eigenvalue weighted by Gasteiger charge is -2.36. The predicted octanol–water partition coefficient (Wildman–Crippen LogP) is 1.90. The first-order valence-electron chi connectivity index (χ1n) is 13.2. The summed E-state index contributed by atoms with van der Waals surface area (Å²) in [7, 11) is 0. The molecule has 39 heavy (non-hydrogen) atoms. The second kappa shape index (κ2) is 11.1. The SMILES string of the molecule is CC(=O)NC1(C(=O)N[C@H](C(=O)N2C[C@H](O)C[C@H]2C(=O)NCc2ccc(-c3scnc3C)cc2)C(C)(C)C)CC1. The highest BCUT2D eigenvalue weighted by molar-refractivity contribution is 7.13. The van der Waals surface area contributed by atoms with Gasteiger partial charge in [-0.15, -0.1) is 11.3 Å². The Balaban J connectivity index is 1.42. The highest BCUT2D eigenvalue weighted by atomic mass is 32.1. The van der Waals surface area contributed by atoms with E-state index in [1.165, 1.54) is 11.8 Å². The maximum atomic E-state index is 13.7. The lowest BCUT2D eigenvalue weighted by Crippen LogP contribution is -2.61. The molecule has 4 amide bonds. The van der Waals surface area contributed by atoms with E-state index in [9.17, 15) is 24.3 Å². The molecule has 2 fully saturated rings. The van der Waals surface area contributed by atoms with Crippen molar-refractivity contribution in [3.63, 3.8) is 0 Å². The Labute approximate surface area is 232 Å². The van der Waals surface area contributed by atoms with Crippen LogP contribution < -0.4 is 16.0 Å². The molecule has 0 bridgehead atoms. The van der Waals surface area contributed by atoms with E-state index in [1.54, 1.807) is 11.3 Å². The van der Waals surface area contributed by atoms with Crippen LogP contribution in [-0.2, 0) is 25.7 Å². The number of nitrogens with one attached hydrogen (secondary N) is 3. The van der Waals surface area contributed by atoms with Gasteiger partial charge in [0.1, 0.15) is 17.6 Å². The normalized spacial score (nSPS) is 20.7. The number of hydrogen-bond donors (Lipinski definition) is 4. The van der Waals surface area contributed by atoms with Crippen LogP contribution in [0.25, 0.3) is 10.4 Å². The van der Waals surface area contributed by atoms with Crippen LogP contribution in [0.15, 0.2) is 29.8 Å². The molecule has 4 rings (SSSR count). The number of aliphatic hydroxyl groups excluding tert-OH is 1. The van der Waals surface area contributed by atoms with Crippen LogP contribution in [-0.4, -0.2) is 68.9 Å². The Morgan fingerprint density at radius 2 is 1.85 bits per heavy atom. The Bertz CT molecular complexity index is 1250. The van der Waals surface area contributed by atoms with Crippen LogP contribution in [0.1, 0.15) is 58.2 Å². The molecule has 2 aliphatic rings. The van der Waals surface area contributed by atoms with Crippen molar-refractivity contribution in [3.05, 3.63) is 41.0 Å². The van der Waals surface area contributed by atoms with Crippen molar-refractivity contribution in [2.45, 2.75) is 84.2 Å². The number of hydrogen-bond acceptors (Lipinski definition) is 7. The zero-order chi connectivity index (χ0) is 28.5. The standard InChI is InChI=1S/C28H37N5O5S/c1-16-22(39-15-30-16)19-8-6-18(7-9-19)13-29-24(36)21-12-20(35)14-33(21)25(37)23(27(3,4)5)31-26(38)28(10-11-28)32-17(2)34/h6-9,15,20-21,23,35H,10-14H2,1-5H3,(H,29,36)(H,31,38)(H,32,34)/t20-,21+,23-/m1/s1. The van der Waals surface area contributed by atoms with Crippen LogP contribution in [0.3, 0.4) is 0 Å². The summed E-state index contributed by atoms with van der Waals surface area (Å²) in [5.74, 6) is -1.52. The van der Waals surface area contributed by atoms with Crippen molar-refractivity contribution in [2.24, 2.45) is 5.41 Å². The molecule has 3 atom stereocenters. The molecule has 1 aliphatic heterocycles. The van der Waals surface area contributed by atoms with E-state index in [2.05, 4.69) is 20.9 Å². The minimum atomic E-state index is -0.995. The monoisotopic (exact) mass is 555 g/mol. The summed E-state index contributed by atoms with van der Waals surface area (Å²) in [6.45, 7) is 9.07. The van der Waals surface area contributed by atoms with Crippen molar-refractivity contribution in [3.8, 4) is 10.4 Å². The van der Waals surface area contributed by atoms with E-state index in [1.807, 2.05) is 57.5 Å². The first kappa shape index (κ1) is 28.7. The first-order valence-corrected chi connectivity index (χ1v) is 14.0. The number of carbonyl (C=O) groups is 4. The number of β-amino-alcohol motifs (C(OH)–C–C–N with tert-alkyl or cyclic N) is 1. The van der Waals surface area contributed by atoms with Crippen molar-refractivity contribution in [1.29, 1.82) is 0 Å². The maximum Gasteiger partial charge on any atom is 0.246 e. The third-order valence-electron chi connectivity index (χ3n) is 7.28. The minimum absolute atomic E-state index is 0.000886. The second-order valence-corrected chi connectivity index (χ2v) is 12.5. The molecule has 210 valence electrons. The molecule has 0 radical (unpaired) electrons. The number of aryl methyl sites for hydroxylation is 1. The maximum absolute atomic E-state index is 13.7. The van der Waals surface area contributed by atoms with E-state index >= 15 is 0 Å². The Kier molecular flexibility index (Phi) is 8.13. The fourth-order valence-electron chi connectivity index (χ4n) is 4.92. The van der Waals surface area contributed by atoms with Gasteiger partial charge >= 0.3 is 0 Å². The number of nitrogens with zero attached hydrogens (tertiary/aromatic N) is 2. The number of aliphatic hydroxyl groups is 1. The second-order valence-electron chi connectivity index (χ2n) is 11.6. The van der Waals surface area contributed by atoms with Gasteiger partial charge in [0.25, 0.3) is 0 Å². The lowest BCUT2D eigenvalue weighted by atomic mass is 9.85.